The summed E-state index contributed by atoms with van der Waals surface area (Å²) in [5.41, 5.74) is 3.02. The Labute approximate surface area is 160 Å². The molecule has 0 spiro atoms. The largest absolute Gasteiger partial charge is 0.343 e. The molecule has 0 aromatic heterocycles. The lowest BCUT2D eigenvalue weighted by Gasteiger charge is -2.43. The van der Waals surface area contributed by atoms with Gasteiger partial charge in [-0.3, -0.25) is 9.10 Å². The maximum atomic E-state index is 12.9. The van der Waals surface area contributed by atoms with Gasteiger partial charge in [-0.2, -0.15) is 0 Å². The maximum Gasteiger partial charge on any atom is 0.251 e. The van der Waals surface area contributed by atoms with E-state index in [0.717, 1.165) is 30.4 Å². The highest BCUT2D eigenvalue weighted by atomic mass is 32.2. The zero-order valence-corrected chi connectivity index (χ0v) is 16.4. The molecule has 142 valence electrons. The van der Waals surface area contributed by atoms with Crippen molar-refractivity contribution in [1.29, 1.82) is 0 Å². The number of carbonyl (C=O) groups is 1. The molecule has 1 heterocycles. The summed E-state index contributed by atoms with van der Waals surface area (Å²) in [4.78, 5) is 12.9. The smallest absolute Gasteiger partial charge is 0.251 e. The van der Waals surface area contributed by atoms with E-state index in [2.05, 4.69) is 17.4 Å². The van der Waals surface area contributed by atoms with E-state index in [9.17, 15) is 13.2 Å². The van der Waals surface area contributed by atoms with Crippen molar-refractivity contribution in [3.63, 3.8) is 0 Å². The highest BCUT2D eigenvalue weighted by Gasteiger charge is 2.40. The van der Waals surface area contributed by atoms with E-state index in [-0.39, 0.29) is 17.5 Å². The Hall–Kier alpha value is -2.34. The maximum absolute atomic E-state index is 12.9. The molecule has 1 amide bonds. The van der Waals surface area contributed by atoms with E-state index in [1.54, 1.807) is 12.1 Å². The molecule has 1 unspecified atom stereocenters. The lowest BCUT2D eigenvalue weighted by Crippen LogP contribution is -2.50. The Kier molecular flexibility index (Phi) is 4.26. The van der Waals surface area contributed by atoms with Crippen LogP contribution in [-0.4, -0.2) is 26.6 Å². The van der Waals surface area contributed by atoms with Crippen molar-refractivity contribution in [2.75, 3.05) is 10.6 Å². The number of hydrogen-bond donors (Lipinski definition) is 1. The minimum absolute atomic E-state index is 0.105. The van der Waals surface area contributed by atoms with Crippen LogP contribution in [0, 0.1) is 0 Å². The Bertz CT molecular complexity index is 982. The molecule has 6 heteroatoms. The molecule has 5 nitrogen and oxygen atoms in total. The van der Waals surface area contributed by atoms with Crippen molar-refractivity contribution in [1.82, 2.24) is 5.32 Å². The molecule has 1 fully saturated rings. The zero-order chi connectivity index (χ0) is 19.2. The second kappa shape index (κ2) is 6.37. The number of fused-ring (bicyclic) bond motifs is 1. The van der Waals surface area contributed by atoms with Gasteiger partial charge in [-0.25, -0.2) is 8.42 Å². The number of sulfonamides is 1. The average molecular weight is 385 g/mol. The number of nitrogens with one attached hydrogen (secondary N) is 1. The van der Waals surface area contributed by atoms with E-state index in [4.69, 9.17) is 0 Å². The zero-order valence-electron chi connectivity index (χ0n) is 15.6. The van der Waals surface area contributed by atoms with Crippen LogP contribution < -0.4 is 9.62 Å². The van der Waals surface area contributed by atoms with Crippen LogP contribution in [0.3, 0.4) is 0 Å². The summed E-state index contributed by atoms with van der Waals surface area (Å²) in [6, 6.07) is 15.3. The quantitative estimate of drug-likeness (QED) is 0.880. The molecule has 1 saturated carbocycles. The number of carbonyl (C=O) groups excluding carboxylic acids is 1. The van der Waals surface area contributed by atoms with Crippen LogP contribution >= 0.6 is 0 Å². The number of amides is 1. The third-order valence-electron chi connectivity index (χ3n) is 5.74. The summed E-state index contributed by atoms with van der Waals surface area (Å²) < 4.78 is 25.6. The standard InChI is InChI=1S/C21H24N2O3S/c1-15-13-17-14-16(9-10-19(17)23(15)27(2,25)26)20(24)22-21(11-6-12-21)18-7-4-3-5-8-18/h3-5,7-10,14-15H,6,11-13H2,1-2H3,(H,22,24). The highest BCUT2D eigenvalue weighted by Crippen LogP contribution is 2.41. The van der Waals surface area contributed by atoms with E-state index in [0.29, 0.717) is 17.7 Å². The monoisotopic (exact) mass is 384 g/mol. The van der Waals surface area contributed by atoms with Crippen molar-refractivity contribution in [3.05, 3.63) is 65.2 Å². The van der Waals surface area contributed by atoms with Crippen LogP contribution in [-0.2, 0) is 22.0 Å². The summed E-state index contributed by atoms with van der Waals surface area (Å²) in [5.74, 6) is -0.105. The Morgan fingerprint density at radius 3 is 2.44 bits per heavy atom. The van der Waals surface area contributed by atoms with Crippen LogP contribution in [0.1, 0.15) is 47.7 Å². The van der Waals surface area contributed by atoms with Gasteiger partial charge >= 0.3 is 0 Å². The van der Waals surface area contributed by atoms with Gasteiger partial charge in [-0.1, -0.05) is 30.3 Å². The Balaban J connectivity index is 1.60. The molecule has 1 aliphatic heterocycles. The minimum Gasteiger partial charge on any atom is -0.343 e. The average Bonchev–Trinajstić information content (AvgIpc) is 2.93. The third kappa shape index (κ3) is 3.12. The summed E-state index contributed by atoms with van der Waals surface area (Å²) in [5, 5.41) is 3.24. The van der Waals surface area contributed by atoms with Gasteiger partial charge in [-0.15, -0.1) is 0 Å². The molecule has 1 atom stereocenters. The topological polar surface area (TPSA) is 66.5 Å². The lowest BCUT2D eigenvalue weighted by atomic mass is 9.71. The molecule has 4 rings (SSSR count). The molecular weight excluding hydrogens is 360 g/mol. The second-order valence-corrected chi connectivity index (χ2v) is 9.57. The summed E-state index contributed by atoms with van der Waals surface area (Å²) in [6.45, 7) is 1.89. The second-order valence-electron chi connectivity index (χ2n) is 7.71. The number of nitrogens with zero attached hydrogens (tertiary/aromatic N) is 1. The van der Waals surface area contributed by atoms with Gasteiger partial charge in [0.05, 0.1) is 17.5 Å². The summed E-state index contributed by atoms with van der Waals surface area (Å²) in [6.07, 6.45) is 4.81. The normalized spacial score (nSPS) is 20.7. The van der Waals surface area contributed by atoms with Crippen LogP contribution in [0.25, 0.3) is 0 Å². The summed E-state index contributed by atoms with van der Waals surface area (Å²) in [7, 11) is -3.33. The van der Waals surface area contributed by atoms with Gasteiger partial charge in [0, 0.05) is 11.6 Å². The number of rotatable bonds is 4. The predicted molar refractivity (Wildman–Crippen MR) is 106 cm³/mol. The molecule has 2 aliphatic rings. The van der Waals surface area contributed by atoms with E-state index >= 15 is 0 Å². The van der Waals surface area contributed by atoms with E-state index in [1.807, 2.05) is 31.2 Å². The first kappa shape index (κ1) is 18.0. The fraction of sp³-hybridized carbons (Fsp3) is 0.381. The van der Waals surface area contributed by atoms with Gasteiger partial charge in [-0.05, 0) is 61.9 Å². The summed E-state index contributed by atoms with van der Waals surface area (Å²) >= 11 is 0. The molecule has 2 aromatic rings. The minimum atomic E-state index is -3.33. The van der Waals surface area contributed by atoms with Gasteiger partial charge in [0.2, 0.25) is 10.0 Å². The number of hydrogen-bond acceptors (Lipinski definition) is 3. The van der Waals surface area contributed by atoms with Crippen molar-refractivity contribution in [3.8, 4) is 0 Å². The molecule has 0 radical (unpaired) electrons. The Morgan fingerprint density at radius 2 is 1.85 bits per heavy atom. The van der Waals surface area contributed by atoms with E-state index in [1.165, 1.54) is 10.6 Å². The first-order valence-electron chi connectivity index (χ1n) is 9.31. The molecular formula is C21H24N2O3S. The van der Waals surface area contributed by atoms with Gasteiger partial charge in [0.15, 0.2) is 0 Å². The van der Waals surface area contributed by atoms with Gasteiger partial charge in [0.25, 0.3) is 5.91 Å². The molecule has 2 aromatic carbocycles. The first-order chi connectivity index (χ1) is 12.8. The van der Waals surface area contributed by atoms with E-state index < -0.39 is 10.0 Å². The number of anilines is 1. The van der Waals surface area contributed by atoms with Gasteiger partial charge in [0.1, 0.15) is 0 Å². The van der Waals surface area contributed by atoms with Crippen molar-refractivity contribution < 1.29 is 13.2 Å². The molecule has 1 aliphatic carbocycles. The molecule has 0 saturated heterocycles. The molecule has 0 bridgehead atoms. The highest BCUT2D eigenvalue weighted by molar-refractivity contribution is 7.92. The fourth-order valence-electron chi connectivity index (χ4n) is 4.31. The first-order valence-corrected chi connectivity index (χ1v) is 11.2. The van der Waals surface area contributed by atoms with Gasteiger partial charge < -0.3 is 5.32 Å². The third-order valence-corrected chi connectivity index (χ3v) is 7.01. The lowest BCUT2D eigenvalue weighted by molar-refractivity contribution is 0.0823. The fourth-order valence-corrected chi connectivity index (χ4v) is 5.58. The van der Waals surface area contributed by atoms with Crippen LogP contribution in [0.4, 0.5) is 5.69 Å². The van der Waals surface area contributed by atoms with Crippen molar-refractivity contribution in [2.45, 2.75) is 44.2 Å². The number of benzene rings is 2. The molecule has 1 N–H and O–H groups in total. The molecule has 27 heavy (non-hydrogen) atoms. The SMILES string of the molecule is CC1Cc2cc(C(=O)NC3(c4ccccc4)CCC3)ccc2N1S(C)(=O)=O. The Morgan fingerprint density at radius 1 is 1.15 bits per heavy atom. The predicted octanol–water partition coefficient (Wildman–Crippen LogP) is 3.21. The van der Waals surface area contributed by atoms with Crippen molar-refractivity contribution >= 4 is 21.6 Å². The van der Waals surface area contributed by atoms with Crippen LogP contribution in [0.15, 0.2) is 48.5 Å². The van der Waals surface area contributed by atoms with Crippen LogP contribution in [0.5, 0.6) is 0 Å². The van der Waals surface area contributed by atoms with Crippen molar-refractivity contribution in [2.24, 2.45) is 0 Å². The van der Waals surface area contributed by atoms with Crippen LogP contribution in [0.2, 0.25) is 0 Å².